The second-order valence-electron chi connectivity index (χ2n) is 3.64. The van der Waals surface area contributed by atoms with E-state index in [9.17, 15) is 9.90 Å². The van der Waals surface area contributed by atoms with Crippen molar-refractivity contribution in [3.8, 4) is 0 Å². The summed E-state index contributed by atoms with van der Waals surface area (Å²) in [5, 5.41) is 13.1. The van der Waals surface area contributed by atoms with Crippen LogP contribution in [0.25, 0.3) is 0 Å². The summed E-state index contributed by atoms with van der Waals surface area (Å²) in [5.74, 6) is -0.518. The van der Waals surface area contributed by atoms with Crippen molar-refractivity contribution >= 4 is 29.1 Å². The van der Waals surface area contributed by atoms with Crippen molar-refractivity contribution in [2.45, 2.75) is 19.1 Å². The first-order valence-electron chi connectivity index (χ1n) is 5.01. The van der Waals surface area contributed by atoms with Crippen molar-refractivity contribution in [1.29, 1.82) is 0 Å². The van der Waals surface area contributed by atoms with Crippen LogP contribution >= 0.6 is 23.2 Å². The Kier molecular flexibility index (Phi) is 5.00. The van der Waals surface area contributed by atoms with Gasteiger partial charge in [0.2, 0.25) is 0 Å². The lowest BCUT2D eigenvalue weighted by Gasteiger charge is -2.14. The summed E-state index contributed by atoms with van der Waals surface area (Å²) in [7, 11) is 0. The van der Waals surface area contributed by atoms with E-state index in [0.717, 1.165) is 0 Å². The zero-order chi connectivity index (χ0) is 13.0. The predicted octanol–water partition coefficient (Wildman–Crippen LogP) is 2.72. The number of amides is 1. The maximum absolute atomic E-state index is 11.6. The Morgan fingerprint density at radius 2 is 1.94 bits per heavy atom. The van der Waals surface area contributed by atoms with Gasteiger partial charge < -0.3 is 10.4 Å². The SMILES string of the molecule is C=CC(C)NC(=O)C(O)c1cc(Cl)cc(Cl)c1. The zero-order valence-corrected chi connectivity index (χ0v) is 10.8. The number of nitrogens with one attached hydrogen (secondary N) is 1. The lowest BCUT2D eigenvalue weighted by Crippen LogP contribution is -2.35. The van der Waals surface area contributed by atoms with E-state index in [-0.39, 0.29) is 6.04 Å². The molecular formula is C12H13Cl2NO2. The number of benzene rings is 1. The van der Waals surface area contributed by atoms with Gasteiger partial charge in [0, 0.05) is 16.1 Å². The Hall–Kier alpha value is -1.03. The smallest absolute Gasteiger partial charge is 0.253 e. The van der Waals surface area contributed by atoms with Gasteiger partial charge in [0.05, 0.1) is 0 Å². The van der Waals surface area contributed by atoms with Gasteiger partial charge in [-0.2, -0.15) is 0 Å². The van der Waals surface area contributed by atoms with Gasteiger partial charge in [-0.05, 0) is 30.7 Å². The third-order valence-corrected chi connectivity index (χ3v) is 2.61. The lowest BCUT2D eigenvalue weighted by molar-refractivity contribution is -0.129. The molecule has 0 saturated carbocycles. The molecule has 0 aliphatic rings. The lowest BCUT2D eigenvalue weighted by atomic mass is 10.1. The first kappa shape index (κ1) is 14.0. The van der Waals surface area contributed by atoms with Gasteiger partial charge in [0.1, 0.15) is 0 Å². The molecule has 0 aromatic heterocycles. The topological polar surface area (TPSA) is 49.3 Å². The summed E-state index contributed by atoms with van der Waals surface area (Å²) in [6.07, 6.45) is 0.267. The average Bonchev–Trinajstić information content (AvgIpc) is 2.26. The second-order valence-corrected chi connectivity index (χ2v) is 4.51. The maximum Gasteiger partial charge on any atom is 0.253 e. The second kappa shape index (κ2) is 6.05. The molecule has 0 radical (unpaired) electrons. The van der Waals surface area contributed by atoms with Gasteiger partial charge in [-0.3, -0.25) is 4.79 Å². The van der Waals surface area contributed by atoms with Crippen LogP contribution in [0.2, 0.25) is 10.0 Å². The highest BCUT2D eigenvalue weighted by Gasteiger charge is 2.19. The van der Waals surface area contributed by atoms with Crippen LogP contribution in [0, 0.1) is 0 Å². The number of carbonyl (C=O) groups excluding carboxylic acids is 1. The number of hydrogen-bond acceptors (Lipinski definition) is 2. The van der Waals surface area contributed by atoms with Crippen LogP contribution < -0.4 is 5.32 Å². The van der Waals surface area contributed by atoms with Crippen LogP contribution in [0.15, 0.2) is 30.9 Å². The number of hydrogen-bond donors (Lipinski definition) is 2. The third kappa shape index (κ3) is 4.04. The summed E-state index contributed by atoms with van der Waals surface area (Å²) in [4.78, 5) is 11.6. The highest BCUT2D eigenvalue weighted by atomic mass is 35.5. The normalized spacial score (nSPS) is 13.9. The molecule has 0 fully saturated rings. The van der Waals surface area contributed by atoms with Crippen molar-refractivity contribution < 1.29 is 9.90 Å². The molecule has 1 aromatic rings. The molecule has 3 nitrogen and oxygen atoms in total. The fourth-order valence-corrected chi connectivity index (χ4v) is 1.79. The minimum Gasteiger partial charge on any atom is -0.378 e. The van der Waals surface area contributed by atoms with Crippen LogP contribution in [-0.4, -0.2) is 17.1 Å². The van der Waals surface area contributed by atoms with Gasteiger partial charge in [-0.15, -0.1) is 6.58 Å². The van der Waals surface area contributed by atoms with Crippen molar-refractivity contribution in [1.82, 2.24) is 5.32 Å². The number of aliphatic hydroxyl groups excluding tert-OH is 1. The molecule has 2 unspecified atom stereocenters. The molecular weight excluding hydrogens is 261 g/mol. The zero-order valence-electron chi connectivity index (χ0n) is 9.28. The van der Waals surface area contributed by atoms with E-state index in [2.05, 4.69) is 11.9 Å². The van der Waals surface area contributed by atoms with Crippen LogP contribution in [0.4, 0.5) is 0 Å². The standard InChI is InChI=1S/C12H13Cl2NO2/c1-3-7(2)15-12(17)11(16)8-4-9(13)6-10(14)5-8/h3-7,11,16H,1H2,2H3,(H,15,17). The summed E-state index contributed by atoms with van der Waals surface area (Å²) in [6.45, 7) is 5.29. The molecule has 0 aliphatic heterocycles. The molecule has 2 N–H and O–H groups in total. The van der Waals surface area contributed by atoms with E-state index < -0.39 is 12.0 Å². The number of rotatable bonds is 4. The van der Waals surface area contributed by atoms with Crippen molar-refractivity contribution in [2.75, 3.05) is 0 Å². The van der Waals surface area contributed by atoms with E-state index in [4.69, 9.17) is 23.2 Å². The Morgan fingerprint density at radius 1 is 1.41 bits per heavy atom. The molecule has 5 heteroatoms. The molecule has 0 spiro atoms. The minimum atomic E-state index is -1.30. The molecule has 92 valence electrons. The number of aliphatic hydroxyl groups is 1. The first-order valence-corrected chi connectivity index (χ1v) is 5.76. The Bertz CT molecular complexity index is 414. The molecule has 2 atom stereocenters. The summed E-state index contributed by atoms with van der Waals surface area (Å²) < 4.78 is 0. The molecule has 0 heterocycles. The van der Waals surface area contributed by atoms with E-state index in [1.54, 1.807) is 13.0 Å². The molecule has 0 bridgehead atoms. The van der Waals surface area contributed by atoms with E-state index in [1.165, 1.54) is 18.2 Å². The quantitative estimate of drug-likeness (QED) is 0.829. The van der Waals surface area contributed by atoms with Crippen LogP contribution in [0.1, 0.15) is 18.6 Å². The van der Waals surface area contributed by atoms with Crippen molar-refractivity contribution in [3.63, 3.8) is 0 Å². The first-order chi connectivity index (χ1) is 7.93. The van der Waals surface area contributed by atoms with Crippen LogP contribution in [-0.2, 0) is 4.79 Å². The van der Waals surface area contributed by atoms with E-state index in [0.29, 0.717) is 15.6 Å². The largest absolute Gasteiger partial charge is 0.378 e. The average molecular weight is 274 g/mol. The van der Waals surface area contributed by atoms with Gasteiger partial charge in [0.25, 0.3) is 5.91 Å². The van der Waals surface area contributed by atoms with E-state index in [1.807, 2.05) is 0 Å². The third-order valence-electron chi connectivity index (χ3n) is 2.17. The Balaban J connectivity index is 2.84. The molecule has 1 amide bonds. The highest BCUT2D eigenvalue weighted by Crippen LogP contribution is 2.23. The Labute approximate surface area is 110 Å². The minimum absolute atomic E-state index is 0.216. The monoisotopic (exact) mass is 273 g/mol. The van der Waals surface area contributed by atoms with Crippen molar-refractivity contribution in [2.24, 2.45) is 0 Å². The number of carbonyl (C=O) groups is 1. The van der Waals surface area contributed by atoms with Crippen LogP contribution in [0.3, 0.4) is 0 Å². The van der Waals surface area contributed by atoms with E-state index >= 15 is 0 Å². The van der Waals surface area contributed by atoms with Gasteiger partial charge in [-0.1, -0.05) is 29.3 Å². The number of halogens is 2. The molecule has 0 saturated heterocycles. The molecule has 1 aromatic carbocycles. The Morgan fingerprint density at radius 3 is 2.41 bits per heavy atom. The van der Waals surface area contributed by atoms with Gasteiger partial charge in [-0.25, -0.2) is 0 Å². The van der Waals surface area contributed by atoms with Crippen molar-refractivity contribution in [3.05, 3.63) is 46.5 Å². The molecule has 0 aliphatic carbocycles. The fourth-order valence-electron chi connectivity index (χ4n) is 1.25. The molecule has 17 heavy (non-hydrogen) atoms. The van der Waals surface area contributed by atoms with Gasteiger partial charge >= 0.3 is 0 Å². The summed E-state index contributed by atoms with van der Waals surface area (Å²) in [6, 6.07) is 4.31. The van der Waals surface area contributed by atoms with Gasteiger partial charge in [0.15, 0.2) is 6.10 Å². The summed E-state index contributed by atoms with van der Waals surface area (Å²) >= 11 is 11.6. The highest BCUT2D eigenvalue weighted by molar-refractivity contribution is 6.34. The predicted molar refractivity (Wildman–Crippen MR) is 69.2 cm³/mol. The fraction of sp³-hybridized carbons (Fsp3) is 0.250. The summed E-state index contributed by atoms with van der Waals surface area (Å²) in [5.41, 5.74) is 0.358. The molecule has 1 rings (SSSR count). The maximum atomic E-state index is 11.6. The van der Waals surface area contributed by atoms with Crippen LogP contribution in [0.5, 0.6) is 0 Å².